The summed E-state index contributed by atoms with van der Waals surface area (Å²) in [7, 11) is 4.15. The second-order valence-electron chi connectivity index (χ2n) is 4.89. The number of hydrogen-bond acceptors (Lipinski definition) is 3. The first-order valence-electron chi connectivity index (χ1n) is 6.40. The van der Waals surface area contributed by atoms with Gasteiger partial charge in [0, 0.05) is 25.7 Å². The smallest absolute Gasteiger partial charge is 0.0597 e. The molecule has 0 spiro atoms. The predicted octanol–water partition coefficient (Wildman–Crippen LogP) is 1.68. The van der Waals surface area contributed by atoms with E-state index in [1.165, 1.54) is 5.69 Å². The SMILES string of the molecule is CCC(CC)(CN)N(C)Cc1cc(C)nn1C. The zero-order chi connectivity index (χ0) is 13.1. The van der Waals surface area contributed by atoms with E-state index < -0.39 is 0 Å². The lowest BCUT2D eigenvalue weighted by Crippen LogP contribution is -2.51. The van der Waals surface area contributed by atoms with Gasteiger partial charge in [-0.1, -0.05) is 13.8 Å². The van der Waals surface area contributed by atoms with Crippen molar-refractivity contribution >= 4 is 0 Å². The maximum atomic E-state index is 5.96. The Labute approximate surface area is 105 Å². The topological polar surface area (TPSA) is 47.1 Å². The van der Waals surface area contributed by atoms with Crippen LogP contribution in [0.5, 0.6) is 0 Å². The van der Waals surface area contributed by atoms with Crippen molar-refractivity contribution in [2.24, 2.45) is 12.8 Å². The Kier molecular flexibility index (Phi) is 4.71. The first-order chi connectivity index (χ1) is 7.99. The molecular formula is C13H26N4. The van der Waals surface area contributed by atoms with E-state index in [0.717, 1.165) is 25.1 Å². The predicted molar refractivity (Wildman–Crippen MR) is 71.8 cm³/mol. The molecule has 0 saturated heterocycles. The van der Waals surface area contributed by atoms with Crippen molar-refractivity contribution in [1.29, 1.82) is 0 Å². The average molecular weight is 238 g/mol. The minimum Gasteiger partial charge on any atom is -0.329 e. The summed E-state index contributed by atoms with van der Waals surface area (Å²) in [6.45, 7) is 8.05. The fourth-order valence-electron chi connectivity index (χ4n) is 2.46. The molecule has 2 N–H and O–H groups in total. The minimum absolute atomic E-state index is 0.109. The van der Waals surface area contributed by atoms with Crippen molar-refractivity contribution in [3.05, 3.63) is 17.5 Å². The van der Waals surface area contributed by atoms with E-state index in [9.17, 15) is 0 Å². The van der Waals surface area contributed by atoms with Crippen LogP contribution in [0.25, 0.3) is 0 Å². The van der Waals surface area contributed by atoms with E-state index in [1.54, 1.807) is 0 Å². The Morgan fingerprint density at radius 2 is 2.00 bits per heavy atom. The molecule has 0 saturated carbocycles. The van der Waals surface area contributed by atoms with Crippen LogP contribution >= 0.6 is 0 Å². The maximum Gasteiger partial charge on any atom is 0.0597 e. The maximum absolute atomic E-state index is 5.96. The van der Waals surface area contributed by atoms with E-state index in [2.05, 4.69) is 37.0 Å². The highest BCUT2D eigenvalue weighted by atomic mass is 15.3. The molecule has 0 fully saturated rings. The molecule has 0 amide bonds. The van der Waals surface area contributed by atoms with Gasteiger partial charge in [0.1, 0.15) is 0 Å². The zero-order valence-corrected chi connectivity index (χ0v) is 11.8. The van der Waals surface area contributed by atoms with Crippen LogP contribution in [-0.2, 0) is 13.6 Å². The van der Waals surface area contributed by atoms with Crippen molar-refractivity contribution in [2.75, 3.05) is 13.6 Å². The van der Waals surface area contributed by atoms with Gasteiger partial charge in [-0.2, -0.15) is 5.10 Å². The number of rotatable bonds is 6. The molecule has 1 heterocycles. The van der Waals surface area contributed by atoms with E-state index in [4.69, 9.17) is 5.73 Å². The van der Waals surface area contributed by atoms with Crippen LogP contribution in [-0.4, -0.2) is 33.8 Å². The van der Waals surface area contributed by atoms with Gasteiger partial charge in [0.25, 0.3) is 0 Å². The van der Waals surface area contributed by atoms with Crippen molar-refractivity contribution in [3.8, 4) is 0 Å². The third-order valence-electron chi connectivity index (χ3n) is 4.00. The largest absolute Gasteiger partial charge is 0.329 e. The molecule has 1 aromatic heterocycles. The number of aryl methyl sites for hydroxylation is 2. The van der Waals surface area contributed by atoms with Crippen LogP contribution in [0.3, 0.4) is 0 Å². The van der Waals surface area contributed by atoms with Crippen LogP contribution in [0.1, 0.15) is 38.1 Å². The Balaban J connectivity index is 2.83. The summed E-state index contributed by atoms with van der Waals surface area (Å²) in [4.78, 5) is 2.36. The molecule has 0 atom stereocenters. The zero-order valence-electron chi connectivity index (χ0n) is 11.8. The van der Waals surface area contributed by atoms with E-state index in [0.29, 0.717) is 6.54 Å². The van der Waals surface area contributed by atoms with Gasteiger partial charge in [-0.15, -0.1) is 0 Å². The standard InChI is InChI=1S/C13H26N4/c1-6-13(7-2,10-14)16(4)9-12-8-11(3)15-17(12)5/h8H,6-7,9-10,14H2,1-5H3. The Bertz CT molecular complexity index is 344. The summed E-state index contributed by atoms with van der Waals surface area (Å²) in [5, 5.41) is 4.38. The first-order valence-corrected chi connectivity index (χ1v) is 6.40. The number of nitrogens with zero attached hydrogens (tertiary/aromatic N) is 3. The third kappa shape index (κ3) is 2.87. The lowest BCUT2D eigenvalue weighted by atomic mass is 9.91. The molecule has 0 radical (unpaired) electrons. The van der Waals surface area contributed by atoms with Gasteiger partial charge in [0.05, 0.1) is 11.4 Å². The van der Waals surface area contributed by atoms with Gasteiger partial charge in [-0.05, 0) is 32.9 Å². The third-order valence-corrected chi connectivity index (χ3v) is 4.00. The van der Waals surface area contributed by atoms with Gasteiger partial charge >= 0.3 is 0 Å². The molecule has 0 aliphatic carbocycles. The highest BCUT2D eigenvalue weighted by molar-refractivity contribution is 5.09. The van der Waals surface area contributed by atoms with Gasteiger partial charge < -0.3 is 5.73 Å². The monoisotopic (exact) mass is 238 g/mol. The Morgan fingerprint density at radius 1 is 1.41 bits per heavy atom. The van der Waals surface area contributed by atoms with Crippen molar-refractivity contribution < 1.29 is 0 Å². The van der Waals surface area contributed by atoms with Crippen LogP contribution in [0.2, 0.25) is 0 Å². The van der Waals surface area contributed by atoms with Crippen LogP contribution < -0.4 is 5.73 Å². The fraction of sp³-hybridized carbons (Fsp3) is 0.769. The van der Waals surface area contributed by atoms with E-state index >= 15 is 0 Å². The molecule has 1 aromatic rings. The number of hydrogen-bond donors (Lipinski definition) is 1. The van der Waals surface area contributed by atoms with E-state index in [-0.39, 0.29) is 5.54 Å². The summed E-state index contributed by atoms with van der Waals surface area (Å²) in [6, 6.07) is 2.14. The second-order valence-corrected chi connectivity index (χ2v) is 4.89. The molecule has 17 heavy (non-hydrogen) atoms. The van der Waals surface area contributed by atoms with Crippen LogP contribution in [0.4, 0.5) is 0 Å². The molecule has 0 aliphatic rings. The minimum atomic E-state index is 0.109. The molecule has 0 aromatic carbocycles. The lowest BCUT2D eigenvalue weighted by Gasteiger charge is -2.40. The number of nitrogens with two attached hydrogens (primary N) is 1. The number of aromatic nitrogens is 2. The molecule has 98 valence electrons. The summed E-state index contributed by atoms with van der Waals surface area (Å²) in [6.07, 6.45) is 2.15. The van der Waals surface area contributed by atoms with Crippen LogP contribution in [0, 0.1) is 6.92 Å². The summed E-state index contributed by atoms with van der Waals surface area (Å²) in [5.41, 5.74) is 8.38. The molecule has 4 nitrogen and oxygen atoms in total. The van der Waals surface area contributed by atoms with Crippen molar-refractivity contribution in [1.82, 2.24) is 14.7 Å². The van der Waals surface area contributed by atoms with Gasteiger partial charge in [0.2, 0.25) is 0 Å². The molecule has 4 heteroatoms. The first kappa shape index (κ1) is 14.2. The van der Waals surface area contributed by atoms with E-state index in [1.807, 2.05) is 18.7 Å². The van der Waals surface area contributed by atoms with Gasteiger partial charge in [-0.3, -0.25) is 9.58 Å². The van der Waals surface area contributed by atoms with Crippen LogP contribution in [0.15, 0.2) is 6.07 Å². The molecule has 0 unspecified atom stereocenters. The highest BCUT2D eigenvalue weighted by Gasteiger charge is 2.29. The molecular weight excluding hydrogens is 212 g/mol. The fourth-order valence-corrected chi connectivity index (χ4v) is 2.46. The second kappa shape index (κ2) is 5.65. The Hall–Kier alpha value is -0.870. The molecule has 1 rings (SSSR count). The Morgan fingerprint density at radius 3 is 2.35 bits per heavy atom. The summed E-state index contributed by atoms with van der Waals surface area (Å²) < 4.78 is 1.96. The van der Waals surface area contributed by atoms with Crippen molar-refractivity contribution in [2.45, 2.75) is 45.7 Å². The molecule has 0 aliphatic heterocycles. The lowest BCUT2D eigenvalue weighted by molar-refractivity contribution is 0.105. The van der Waals surface area contributed by atoms with Gasteiger partial charge in [0.15, 0.2) is 0 Å². The normalized spacial score (nSPS) is 12.4. The summed E-state index contributed by atoms with van der Waals surface area (Å²) in [5.74, 6) is 0. The van der Waals surface area contributed by atoms with Gasteiger partial charge in [-0.25, -0.2) is 0 Å². The average Bonchev–Trinajstić information content (AvgIpc) is 2.61. The highest BCUT2D eigenvalue weighted by Crippen LogP contribution is 2.23. The quantitative estimate of drug-likeness (QED) is 0.820. The van der Waals surface area contributed by atoms with Crippen molar-refractivity contribution in [3.63, 3.8) is 0 Å². The molecule has 0 bridgehead atoms. The summed E-state index contributed by atoms with van der Waals surface area (Å²) >= 11 is 0. The number of likely N-dealkylation sites (N-methyl/N-ethyl adjacent to an activating group) is 1.